The molecule has 6 nitrogen and oxygen atoms in total. The molecule has 1 saturated heterocycles. The molecule has 0 aliphatic carbocycles. The number of ether oxygens (including phenoxy) is 2. The van der Waals surface area contributed by atoms with Crippen molar-refractivity contribution in [3.63, 3.8) is 0 Å². The fraction of sp³-hybridized carbons (Fsp3) is 0.259. The molecule has 3 aromatic carbocycles. The van der Waals surface area contributed by atoms with Crippen LogP contribution in [0.1, 0.15) is 29.7 Å². The summed E-state index contributed by atoms with van der Waals surface area (Å²) in [5.74, 6) is 0.590. The van der Waals surface area contributed by atoms with Gasteiger partial charge in [0.05, 0.1) is 13.2 Å². The van der Waals surface area contributed by atoms with Gasteiger partial charge in [0, 0.05) is 21.4 Å². The van der Waals surface area contributed by atoms with Crippen LogP contribution in [-0.2, 0) is 4.79 Å². The van der Waals surface area contributed by atoms with E-state index < -0.39 is 17.7 Å². The molecule has 2 aliphatic heterocycles. The van der Waals surface area contributed by atoms with Crippen molar-refractivity contribution in [3.05, 3.63) is 81.8 Å². The quantitative estimate of drug-likeness (QED) is 0.395. The van der Waals surface area contributed by atoms with Crippen molar-refractivity contribution in [2.45, 2.75) is 32.5 Å². The summed E-state index contributed by atoms with van der Waals surface area (Å²) in [6.45, 7) is 5.95. The lowest BCUT2D eigenvalue weighted by molar-refractivity contribution is -0.130. The molecule has 1 fully saturated rings. The highest BCUT2D eigenvalue weighted by Gasteiger charge is 2.59. The van der Waals surface area contributed by atoms with Crippen molar-refractivity contribution < 1.29 is 14.3 Å². The van der Waals surface area contributed by atoms with E-state index in [9.17, 15) is 4.79 Å². The third-order valence-corrected chi connectivity index (χ3v) is 7.54. The first-order chi connectivity index (χ1) is 16.7. The Morgan fingerprint density at radius 3 is 2.57 bits per heavy atom. The molecule has 0 spiro atoms. The number of hydrogen-bond acceptors (Lipinski definition) is 4. The Bertz CT molecular complexity index is 1330. The van der Waals surface area contributed by atoms with E-state index >= 15 is 0 Å². The van der Waals surface area contributed by atoms with E-state index in [1.807, 2.05) is 80.3 Å². The van der Waals surface area contributed by atoms with E-state index in [4.69, 9.17) is 21.7 Å². The van der Waals surface area contributed by atoms with Crippen molar-refractivity contribution in [3.8, 4) is 11.5 Å². The van der Waals surface area contributed by atoms with Crippen molar-refractivity contribution in [2.24, 2.45) is 5.92 Å². The number of aryl methyl sites for hydroxylation is 2. The number of halogens is 1. The van der Waals surface area contributed by atoms with Crippen LogP contribution >= 0.6 is 28.1 Å². The first kappa shape index (κ1) is 23.6. The molecular weight excluding hydrogens is 526 g/mol. The summed E-state index contributed by atoms with van der Waals surface area (Å²) < 4.78 is 13.1. The van der Waals surface area contributed by atoms with E-state index in [0.29, 0.717) is 16.6 Å². The maximum Gasteiger partial charge on any atom is 0.236 e. The molecule has 3 unspecified atom stereocenters. The number of carbonyl (C=O) groups excluding carboxylic acids is 1. The summed E-state index contributed by atoms with van der Waals surface area (Å²) in [5.41, 5.74) is 3.50. The molecular formula is C27H26BrN3O3S. The Morgan fingerprint density at radius 1 is 1.14 bits per heavy atom. The maximum atomic E-state index is 14.0. The van der Waals surface area contributed by atoms with E-state index in [0.717, 1.165) is 32.5 Å². The standard InChI is InChI=1S/C27H26BrN3O3S/c1-15-5-11-21(16(2)13-15)29-25(32)23-24-20-14-19(33-4)10-12-22(20)34-27(23,3)31(26(35)30-24)18-8-6-17(28)7-9-18/h5-14,23-24H,1-4H3,(H,29,32)(H,30,35). The second kappa shape index (κ2) is 8.84. The van der Waals surface area contributed by atoms with Gasteiger partial charge < -0.3 is 20.1 Å². The SMILES string of the molecule is COc1ccc2c(c1)C1NC(=S)N(c3ccc(Br)cc3)C(C)(O2)C1C(=O)Nc1ccc(C)cc1C. The minimum Gasteiger partial charge on any atom is -0.497 e. The largest absolute Gasteiger partial charge is 0.497 e. The molecule has 180 valence electrons. The van der Waals surface area contributed by atoms with E-state index in [1.54, 1.807) is 7.11 Å². The average molecular weight is 552 g/mol. The maximum absolute atomic E-state index is 14.0. The molecule has 3 aromatic rings. The fourth-order valence-electron chi connectivity index (χ4n) is 5.03. The Morgan fingerprint density at radius 2 is 1.89 bits per heavy atom. The van der Waals surface area contributed by atoms with Gasteiger partial charge in [-0.15, -0.1) is 0 Å². The van der Waals surface area contributed by atoms with Crippen LogP contribution in [0.4, 0.5) is 11.4 Å². The minimum atomic E-state index is -1.08. The van der Waals surface area contributed by atoms with Crippen LogP contribution in [0.3, 0.4) is 0 Å². The topological polar surface area (TPSA) is 62.8 Å². The molecule has 0 saturated carbocycles. The van der Waals surface area contributed by atoms with Crippen molar-refractivity contribution in [1.82, 2.24) is 5.32 Å². The molecule has 0 aromatic heterocycles. The van der Waals surface area contributed by atoms with Crippen molar-refractivity contribution in [1.29, 1.82) is 0 Å². The third-order valence-electron chi connectivity index (χ3n) is 6.71. The number of methoxy groups -OCH3 is 1. The lowest BCUT2D eigenvalue weighted by atomic mass is 9.78. The fourth-order valence-corrected chi connectivity index (χ4v) is 5.71. The minimum absolute atomic E-state index is 0.157. The molecule has 0 radical (unpaired) electrons. The normalized spacial score (nSPS) is 22.5. The highest BCUT2D eigenvalue weighted by atomic mass is 79.9. The number of rotatable bonds is 4. The number of benzene rings is 3. The first-order valence-electron chi connectivity index (χ1n) is 11.3. The molecule has 2 N–H and O–H groups in total. The third kappa shape index (κ3) is 4.04. The Kier molecular flexibility index (Phi) is 5.97. The molecule has 2 bridgehead atoms. The Balaban J connectivity index is 1.63. The van der Waals surface area contributed by atoms with Crippen LogP contribution in [0, 0.1) is 19.8 Å². The van der Waals surface area contributed by atoms with Crippen LogP contribution in [0.15, 0.2) is 65.1 Å². The monoisotopic (exact) mass is 551 g/mol. The van der Waals surface area contributed by atoms with Gasteiger partial charge in [-0.25, -0.2) is 0 Å². The zero-order valence-corrected chi connectivity index (χ0v) is 22.3. The van der Waals surface area contributed by atoms with Gasteiger partial charge in [-0.2, -0.15) is 0 Å². The van der Waals surface area contributed by atoms with Crippen LogP contribution in [-0.4, -0.2) is 23.9 Å². The lowest BCUT2D eigenvalue weighted by Crippen LogP contribution is -2.72. The number of hydrogen-bond donors (Lipinski definition) is 2. The first-order valence-corrected chi connectivity index (χ1v) is 12.5. The molecule has 3 atom stereocenters. The lowest BCUT2D eigenvalue weighted by Gasteiger charge is -2.56. The predicted molar refractivity (Wildman–Crippen MR) is 145 cm³/mol. The summed E-state index contributed by atoms with van der Waals surface area (Å²) in [4.78, 5) is 15.9. The summed E-state index contributed by atoms with van der Waals surface area (Å²) in [6, 6.07) is 19.0. The van der Waals surface area contributed by atoms with Gasteiger partial charge in [0.1, 0.15) is 17.4 Å². The Labute approximate surface area is 218 Å². The number of carbonyl (C=O) groups is 1. The number of anilines is 2. The number of amides is 1. The van der Waals surface area contributed by atoms with Crippen LogP contribution in [0.25, 0.3) is 0 Å². The molecule has 2 heterocycles. The molecule has 1 amide bonds. The van der Waals surface area contributed by atoms with Gasteiger partial charge in [-0.05, 0) is 87.1 Å². The molecule has 8 heteroatoms. The van der Waals surface area contributed by atoms with E-state index in [-0.39, 0.29) is 5.91 Å². The van der Waals surface area contributed by atoms with Gasteiger partial charge in [-0.3, -0.25) is 9.69 Å². The van der Waals surface area contributed by atoms with Gasteiger partial charge in [0.2, 0.25) is 5.91 Å². The molecule has 5 rings (SSSR count). The van der Waals surface area contributed by atoms with Gasteiger partial charge in [0.25, 0.3) is 0 Å². The zero-order chi connectivity index (χ0) is 24.9. The smallest absolute Gasteiger partial charge is 0.236 e. The highest BCUT2D eigenvalue weighted by Crippen LogP contribution is 2.50. The summed E-state index contributed by atoms with van der Waals surface area (Å²) in [6.07, 6.45) is 0. The number of fused-ring (bicyclic) bond motifs is 4. The summed E-state index contributed by atoms with van der Waals surface area (Å²) in [7, 11) is 1.62. The van der Waals surface area contributed by atoms with Crippen molar-refractivity contribution >= 4 is 50.5 Å². The molecule has 35 heavy (non-hydrogen) atoms. The predicted octanol–water partition coefficient (Wildman–Crippen LogP) is 5.87. The number of nitrogens with one attached hydrogen (secondary N) is 2. The van der Waals surface area contributed by atoms with Gasteiger partial charge in [-0.1, -0.05) is 33.6 Å². The van der Waals surface area contributed by atoms with Gasteiger partial charge >= 0.3 is 0 Å². The average Bonchev–Trinajstić information content (AvgIpc) is 2.81. The van der Waals surface area contributed by atoms with Gasteiger partial charge in [0.15, 0.2) is 10.8 Å². The summed E-state index contributed by atoms with van der Waals surface area (Å²) >= 11 is 9.32. The van der Waals surface area contributed by atoms with Crippen LogP contribution < -0.4 is 25.0 Å². The second-order valence-corrected chi connectivity index (χ2v) is 10.4. The zero-order valence-electron chi connectivity index (χ0n) is 19.9. The molecule has 2 aliphatic rings. The van der Waals surface area contributed by atoms with E-state index in [2.05, 4.69) is 32.6 Å². The number of thiocarbonyl (C=S) groups is 1. The van der Waals surface area contributed by atoms with Crippen molar-refractivity contribution in [2.75, 3.05) is 17.3 Å². The van der Waals surface area contributed by atoms with Crippen LogP contribution in [0.2, 0.25) is 0 Å². The Hall–Kier alpha value is -3.10. The van der Waals surface area contributed by atoms with E-state index in [1.165, 1.54) is 0 Å². The summed E-state index contributed by atoms with van der Waals surface area (Å²) in [5, 5.41) is 7.07. The highest BCUT2D eigenvalue weighted by molar-refractivity contribution is 9.10. The number of nitrogens with zero attached hydrogens (tertiary/aromatic N) is 1. The second-order valence-electron chi connectivity index (χ2n) is 9.08. The van der Waals surface area contributed by atoms with Crippen LogP contribution in [0.5, 0.6) is 11.5 Å².